The standard InChI is InChI=1S/C16H21N5/c17-13-6-8-14(9-7-13)21-19-15(18-20-21)16(10-11-16)12-4-2-1-3-5-12/h1-5,13-14H,6-11,17H2. The van der Waals surface area contributed by atoms with Gasteiger partial charge in [0.2, 0.25) is 0 Å². The van der Waals surface area contributed by atoms with E-state index in [-0.39, 0.29) is 5.41 Å². The van der Waals surface area contributed by atoms with Crippen LogP contribution in [0, 0.1) is 0 Å². The van der Waals surface area contributed by atoms with Gasteiger partial charge in [-0.05, 0) is 49.3 Å². The number of benzene rings is 1. The van der Waals surface area contributed by atoms with E-state index in [1.165, 1.54) is 5.56 Å². The van der Waals surface area contributed by atoms with E-state index in [1.54, 1.807) is 0 Å². The summed E-state index contributed by atoms with van der Waals surface area (Å²) in [6, 6.07) is 11.3. The summed E-state index contributed by atoms with van der Waals surface area (Å²) in [5, 5.41) is 13.4. The molecule has 0 spiro atoms. The summed E-state index contributed by atoms with van der Waals surface area (Å²) in [7, 11) is 0. The molecule has 110 valence electrons. The van der Waals surface area contributed by atoms with Crippen molar-refractivity contribution in [2.45, 2.75) is 56.0 Å². The second-order valence-electron chi connectivity index (χ2n) is 6.45. The summed E-state index contributed by atoms with van der Waals surface area (Å²) < 4.78 is 0. The first-order chi connectivity index (χ1) is 10.3. The first-order valence-corrected chi connectivity index (χ1v) is 7.89. The molecule has 2 N–H and O–H groups in total. The summed E-state index contributed by atoms with van der Waals surface area (Å²) in [5.74, 6) is 0.892. The second kappa shape index (κ2) is 4.91. The van der Waals surface area contributed by atoms with Gasteiger partial charge in [-0.2, -0.15) is 4.80 Å². The number of nitrogens with zero attached hydrogens (tertiary/aromatic N) is 4. The van der Waals surface area contributed by atoms with E-state index in [4.69, 9.17) is 10.8 Å². The fraction of sp³-hybridized carbons (Fsp3) is 0.562. The average molecular weight is 283 g/mol. The first-order valence-electron chi connectivity index (χ1n) is 7.89. The number of hydrogen-bond acceptors (Lipinski definition) is 4. The van der Waals surface area contributed by atoms with E-state index in [1.807, 2.05) is 4.80 Å². The molecule has 2 fully saturated rings. The molecule has 21 heavy (non-hydrogen) atoms. The Kier molecular flexibility index (Phi) is 3.03. The summed E-state index contributed by atoms with van der Waals surface area (Å²) >= 11 is 0. The van der Waals surface area contributed by atoms with Crippen LogP contribution in [0.1, 0.15) is 56.0 Å². The fourth-order valence-corrected chi connectivity index (χ4v) is 3.43. The molecule has 2 aromatic rings. The van der Waals surface area contributed by atoms with Gasteiger partial charge in [0, 0.05) is 6.04 Å². The maximum Gasteiger partial charge on any atom is 0.185 e. The zero-order valence-electron chi connectivity index (χ0n) is 12.2. The molecule has 0 bridgehead atoms. The van der Waals surface area contributed by atoms with Crippen LogP contribution in [-0.2, 0) is 5.41 Å². The Labute approximate surface area is 124 Å². The van der Waals surface area contributed by atoms with Crippen LogP contribution in [0.3, 0.4) is 0 Å². The Balaban J connectivity index is 1.58. The molecule has 5 nitrogen and oxygen atoms in total. The molecule has 0 saturated heterocycles. The van der Waals surface area contributed by atoms with Crippen LogP contribution in [0.4, 0.5) is 0 Å². The number of aromatic nitrogens is 4. The Bertz CT molecular complexity index is 609. The van der Waals surface area contributed by atoms with Crippen LogP contribution < -0.4 is 5.73 Å². The van der Waals surface area contributed by atoms with Gasteiger partial charge in [-0.3, -0.25) is 0 Å². The summed E-state index contributed by atoms with van der Waals surface area (Å²) in [5.41, 5.74) is 7.30. The predicted molar refractivity (Wildman–Crippen MR) is 79.8 cm³/mol. The van der Waals surface area contributed by atoms with Crippen LogP contribution in [0.5, 0.6) is 0 Å². The smallest absolute Gasteiger partial charge is 0.185 e. The van der Waals surface area contributed by atoms with Crippen LogP contribution in [0.2, 0.25) is 0 Å². The lowest BCUT2D eigenvalue weighted by atomic mass is 9.92. The molecule has 0 atom stereocenters. The Morgan fingerprint density at radius 2 is 1.76 bits per heavy atom. The molecule has 2 aliphatic rings. The molecule has 0 amide bonds. The molecule has 1 aromatic heterocycles. The number of tetrazole rings is 1. The molecule has 2 saturated carbocycles. The SMILES string of the molecule is NC1CCC(n2nnc(C3(c4ccccc4)CC3)n2)CC1. The van der Waals surface area contributed by atoms with E-state index in [2.05, 4.69) is 40.6 Å². The molecule has 0 aliphatic heterocycles. The van der Waals surface area contributed by atoms with Crippen molar-refractivity contribution in [2.75, 3.05) is 0 Å². The van der Waals surface area contributed by atoms with E-state index < -0.39 is 0 Å². The van der Waals surface area contributed by atoms with Gasteiger partial charge in [0.1, 0.15) is 0 Å². The third kappa shape index (κ3) is 2.25. The quantitative estimate of drug-likeness (QED) is 0.937. The lowest BCUT2D eigenvalue weighted by Gasteiger charge is -2.24. The van der Waals surface area contributed by atoms with Crippen molar-refractivity contribution in [3.63, 3.8) is 0 Å². The van der Waals surface area contributed by atoms with Gasteiger partial charge >= 0.3 is 0 Å². The van der Waals surface area contributed by atoms with E-state index in [0.717, 1.165) is 44.3 Å². The van der Waals surface area contributed by atoms with Crippen molar-refractivity contribution in [1.82, 2.24) is 20.2 Å². The number of rotatable bonds is 3. The molecule has 4 rings (SSSR count). The average Bonchev–Trinajstić information content (AvgIpc) is 3.20. The highest BCUT2D eigenvalue weighted by Crippen LogP contribution is 2.51. The third-order valence-corrected chi connectivity index (χ3v) is 5.00. The Morgan fingerprint density at radius 1 is 1.05 bits per heavy atom. The molecule has 0 radical (unpaired) electrons. The largest absolute Gasteiger partial charge is 0.328 e. The summed E-state index contributed by atoms with van der Waals surface area (Å²) in [4.78, 5) is 1.84. The van der Waals surface area contributed by atoms with Crippen molar-refractivity contribution in [1.29, 1.82) is 0 Å². The van der Waals surface area contributed by atoms with Gasteiger partial charge < -0.3 is 5.73 Å². The highest BCUT2D eigenvalue weighted by molar-refractivity contribution is 5.38. The van der Waals surface area contributed by atoms with Crippen molar-refractivity contribution in [3.05, 3.63) is 41.7 Å². The van der Waals surface area contributed by atoms with Crippen molar-refractivity contribution in [3.8, 4) is 0 Å². The molecule has 0 unspecified atom stereocenters. The molecular formula is C16H21N5. The zero-order chi connectivity index (χ0) is 14.3. The van der Waals surface area contributed by atoms with Crippen molar-refractivity contribution >= 4 is 0 Å². The van der Waals surface area contributed by atoms with Crippen molar-refractivity contribution < 1.29 is 0 Å². The summed E-state index contributed by atoms with van der Waals surface area (Å²) in [6.07, 6.45) is 6.50. The van der Waals surface area contributed by atoms with Gasteiger partial charge in [0.05, 0.1) is 11.5 Å². The summed E-state index contributed by atoms with van der Waals surface area (Å²) in [6.45, 7) is 0. The zero-order valence-corrected chi connectivity index (χ0v) is 12.2. The minimum atomic E-state index is 0.0184. The second-order valence-corrected chi connectivity index (χ2v) is 6.45. The molecule has 1 aromatic carbocycles. The maximum atomic E-state index is 5.97. The van der Waals surface area contributed by atoms with Gasteiger partial charge in [-0.25, -0.2) is 0 Å². The normalized spacial score (nSPS) is 27.5. The van der Waals surface area contributed by atoms with Gasteiger partial charge in [-0.15, -0.1) is 10.2 Å². The first kappa shape index (κ1) is 13.0. The van der Waals surface area contributed by atoms with Crippen LogP contribution in [0.25, 0.3) is 0 Å². The molecule has 2 aliphatic carbocycles. The van der Waals surface area contributed by atoms with Gasteiger partial charge in [0.15, 0.2) is 5.82 Å². The topological polar surface area (TPSA) is 69.6 Å². The van der Waals surface area contributed by atoms with Crippen LogP contribution in [0.15, 0.2) is 30.3 Å². The molecule has 1 heterocycles. The van der Waals surface area contributed by atoms with Gasteiger partial charge in [-0.1, -0.05) is 30.3 Å². The number of nitrogens with two attached hydrogens (primary N) is 1. The lowest BCUT2D eigenvalue weighted by Crippen LogP contribution is -2.28. The third-order valence-electron chi connectivity index (χ3n) is 5.00. The van der Waals surface area contributed by atoms with E-state index in [0.29, 0.717) is 12.1 Å². The minimum absolute atomic E-state index is 0.0184. The lowest BCUT2D eigenvalue weighted by molar-refractivity contribution is 0.276. The fourth-order valence-electron chi connectivity index (χ4n) is 3.43. The maximum absolute atomic E-state index is 5.97. The van der Waals surface area contributed by atoms with E-state index in [9.17, 15) is 0 Å². The molecule has 5 heteroatoms. The van der Waals surface area contributed by atoms with Gasteiger partial charge in [0.25, 0.3) is 0 Å². The molecular weight excluding hydrogens is 262 g/mol. The predicted octanol–water partition coefficient (Wildman–Crippen LogP) is 2.20. The minimum Gasteiger partial charge on any atom is -0.328 e. The van der Waals surface area contributed by atoms with Crippen LogP contribution >= 0.6 is 0 Å². The monoisotopic (exact) mass is 283 g/mol. The Hall–Kier alpha value is -1.75. The highest BCUT2D eigenvalue weighted by atomic mass is 15.6. The number of hydrogen-bond donors (Lipinski definition) is 1. The van der Waals surface area contributed by atoms with Crippen LogP contribution in [-0.4, -0.2) is 26.2 Å². The highest BCUT2D eigenvalue weighted by Gasteiger charge is 2.49. The van der Waals surface area contributed by atoms with Crippen molar-refractivity contribution in [2.24, 2.45) is 5.73 Å². The Morgan fingerprint density at radius 3 is 2.43 bits per heavy atom. The van der Waals surface area contributed by atoms with E-state index >= 15 is 0 Å².